The van der Waals surface area contributed by atoms with Crippen molar-refractivity contribution in [3.8, 4) is 50.7 Å². The van der Waals surface area contributed by atoms with Crippen LogP contribution < -0.4 is 0 Å². The highest BCUT2D eigenvalue weighted by Gasteiger charge is 2.18. The van der Waals surface area contributed by atoms with E-state index in [1.165, 1.54) is 10.8 Å². The quantitative estimate of drug-likeness (QED) is 0.180. The first-order valence-corrected chi connectivity index (χ1v) is 18.1. The molecule has 0 spiro atoms. The molecular weight excluding hydrogens is 661 g/mol. The lowest BCUT2D eigenvalue weighted by Crippen LogP contribution is -1.99. The zero-order valence-corrected chi connectivity index (χ0v) is 29.0. The molecule has 0 saturated heterocycles. The Morgan fingerprint density at radius 3 is 1.89 bits per heavy atom. The number of fused-ring (bicyclic) bond motifs is 7. The van der Waals surface area contributed by atoms with E-state index in [9.17, 15) is 0 Å². The van der Waals surface area contributed by atoms with Gasteiger partial charge in [0.05, 0.1) is 27.9 Å². The van der Waals surface area contributed by atoms with Crippen molar-refractivity contribution in [1.29, 1.82) is 0 Å². The molecule has 11 rings (SSSR count). The molecule has 5 heteroatoms. The van der Waals surface area contributed by atoms with Crippen LogP contribution >= 0.6 is 0 Å². The van der Waals surface area contributed by atoms with E-state index in [1.54, 1.807) is 0 Å². The minimum absolute atomic E-state index is 0.658. The van der Waals surface area contributed by atoms with Crippen molar-refractivity contribution in [3.63, 3.8) is 0 Å². The number of hydrogen-bond acceptors (Lipinski definition) is 4. The molecule has 0 fully saturated rings. The van der Waals surface area contributed by atoms with Gasteiger partial charge in [-0.3, -0.25) is 4.98 Å². The molecule has 7 aromatic carbocycles. The first-order chi connectivity index (χ1) is 26.7. The van der Waals surface area contributed by atoms with Crippen molar-refractivity contribution in [1.82, 2.24) is 19.5 Å². The van der Waals surface area contributed by atoms with Crippen LogP contribution in [0.25, 0.3) is 105 Å². The zero-order chi connectivity index (χ0) is 35.6. The third kappa shape index (κ3) is 4.90. The molecule has 252 valence electrons. The van der Waals surface area contributed by atoms with Gasteiger partial charge in [-0.15, -0.1) is 0 Å². The van der Waals surface area contributed by atoms with Gasteiger partial charge >= 0.3 is 0 Å². The van der Waals surface area contributed by atoms with E-state index in [-0.39, 0.29) is 0 Å². The van der Waals surface area contributed by atoms with Gasteiger partial charge in [0.25, 0.3) is 0 Å². The summed E-state index contributed by atoms with van der Waals surface area (Å²) < 4.78 is 8.69. The topological polar surface area (TPSA) is 56.7 Å². The lowest BCUT2D eigenvalue weighted by atomic mass is 9.96. The Labute approximate surface area is 310 Å². The number of pyridine rings is 1. The fraction of sp³-hybridized carbons (Fsp3) is 0. The first-order valence-electron chi connectivity index (χ1n) is 18.1. The third-order valence-corrected chi connectivity index (χ3v) is 10.4. The maximum absolute atomic E-state index is 6.32. The highest BCUT2D eigenvalue weighted by Crippen LogP contribution is 2.39. The minimum atomic E-state index is 0.658. The summed E-state index contributed by atoms with van der Waals surface area (Å²) in [6.07, 6.45) is 1.85. The predicted molar refractivity (Wildman–Crippen MR) is 221 cm³/mol. The lowest BCUT2D eigenvalue weighted by Gasteiger charge is -2.16. The standard InChI is InChI=1S/C49H30N4O/c1-2-12-31(13-3-1)49-51-43(32-23-24-41-40-16-6-9-22-47(40)54-48(41)29-32)30-44(52-49)34-26-33(36-17-10-19-42-37(36)18-11-25-50-42)27-35(28-34)53-45-20-7-4-14-38(45)39-15-5-8-21-46(39)53/h1-30H. The molecular formula is C49H30N4O. The Bertz CT molecular complexity index is 3170. The normalized spacial score (nSPS) is 11.7. The van der Waals surface area contributed by atoms with E-state index in [1.807, 2.05) is 48.7 Å². The number of hydrogen-bond donors (Lipinski definition) is 0. The first kappa shape index (κ1) is 30.3. The summed E-state index contributed by atoms with van der Waals surface area (Å²) in [4.78, 5) is 15.1. The Morgan fingerprint density at radius 2 is 1.07 bits per heavy atom. The molecule has 4 aromatic heterocycles. The highest BCUT2D eigenvalue weighted by atomic mass is 16.3. The van der Waals surface area contributed by atoms with Gasteiger partial charge in [-0.25, -0.2) is 9.97 Å². The van der Waals surface area contributed by atoms with Gasteiger partial charge in [0, 0.05) is 55.5 Å². The molecule has 0 aliphatic heterocycles. The summed E-state index contributed by atoms with van der Waals surface area (Å²) in [7, 11) is 0. The van der Waals surface area contributed by atoms with Crippen LogP contribution in [0.4, 0.5) is 0 Å². The van der Waals surface area contributed by atoms with Gasteiger partial charge < -0.3 is 8.98 Å². The summed E-state index contributed by atoms with van der Waals surface area (Å²) in [5.74, 6) is 0.658. The Morgan fingerprint density at radius 1 is 0.407 bits per heavy atom. The number of furan rings is 1. The number of benzene rings is 7. The van der Waals surface area contributed by atoms with E-state index in [0.717, 1.165) is 88.8 Å². The number of rotatable bonds is 5. The van der Waals surface area contributed by atoms with Gasteiger partial charge in [0.15, 0.2) is 5.82 Å². The summed E-state index contributed by atoms with van der Waals surface area (Å²) in [5, 5.41) is 5.71. The summed E-state index contributed by atoms with van der Waals surface area (Å²) in [6.45, 7) is 0. The van der Waals surface area contributed by atoms with E-state index in [4.69, 9.17) is 19.4 Å². The Kier molecular flexibility index (Phi) is 6.79. The molecule has 0 saturated carbocycles. The monoisotopic (exact) mass is 690 g/mol. The predicted octanol–water partition coefficient (Wildman–Crippen LogP) is 12.7. The summed E-state index contributed by atoms with van der Waals surface area (Å²) in [5.41, 5.74) is 12.7. The van der Waals surface area contributed by atoms with Crippen LogP contribution in [-0.4, -0.2) is 19.5 Å². The second-order valence-corrected chi connectivity index (χ2v) is 13.7. The third-order valence-electron chi connectivity index (χ3n) is 10.4. The molecule has 54 heavy (non-hydrogen) atoms. The Balaban J connectivity index is 1.19. The average molecular weight is 691 g/mol. The number of aromatic nitrogens is 4. The lowest BCUT2D eigenvalue weighted by molar-refractivity contribution is 0.669. The van der Waals surface area contributed by atoms with Crippen LogP contribution in [0.5, 0.6) is 0 Å². The summed E-state index contributed by atoms with van der Waals surface area (Å²) in [6, 6.07) is 61.4. The van der Waals surface area contributed by atoms with Gasteiger partial charge in [0.2, 0.25) is 0 Å². The Hall–Kier alpha value is -7.37. The molecule has 0 atom stereocenters. The molecule has 5 nitrogen and oxygen atoms in total. The molecule has 4 heterocycles. The van der Waals surface area contributed by atoms with Gasteiger partial charge in [-0.2, -0.15) is 0 Å². The molecule has 0 aliphatic rings. The number of para-hydroxylation sites is 3. The smallest absolute Gasteiger partial charge is 0.160 e. The van der Waals surface area contributed by atoms with Crippen molar-refractivity contribution in [3.05, 3.63) is 182 Å². The minimum Gasteiger partial charge on any atom is -0.456 e. The van der Waals surface area contributed by atoms with E-state index in [2.05, 4.69) is 138 Å². The second-order valence-electron chi connectivity index (χ2n) is 13.7. The van der Waals surface area contributed by atoms with Crippen LogP contribution in [0.2, 0.25) is 0 Å². The van der Waals surface area contributed by atoms with Crippen LogP contribution in [0.15, 0.2) is 187 Å². The van der Waals surface area contributed by atoms with Gasteiger partial charge in [-0.1, -0.05) is 109 Å². The molecule has 0 radical (unpaired) electrons. The van der Waals surface area contributed by atoms with Crippen LogP contribution in [0.1, 0.15) is 0 Å². The van der Waals surface area contributed by atoms with Crippen LogP contribution in [-0.2, 0) is 0 Å². The van der Waals surface area contributed by atoms with Crippen LogP contribution in [0, 0.1) is 0 Å². The molecule has 0 amide bonds. The van der Waals surface area contributed by atoms with E-state index in [0.29, 0.717) is 5.82 Å². The highest BCUT2D eigenvalue weighted by molar-refractivity contribution is 6.10. The van der Waals surface area contributed by atoms with E-state index >= 15 is 0 Å². The zero-order valence-electron chi connectivity index (χ0n) is 29.0. The number of nitrogens with zero attached hydrogens (tertiary/aromatic N) is 4. The largest absolute Gasteiger partial charge is 0.456 e. The fourth-order valence-electron chi connectivity index (χ4n) is 7.94. The van der Waals surface area contributed by atoms with Crippen molar-refractivity contribution in [2.45, 2.75) is 0 Å². The molecule has 11 aromatic rings. The second kappa shape index (κ2) is 12.1. The fourth-order valence-corrected chi connectivity index (χ4v) is 7.94. The van der Waals surface area contributed by atoms with Gasteiger partial charge in [-0.05, 0) is 77.9 Å². The molecule has 0 N–H and O–H groups in total. The van der Waals surface area contributed by atoms with Crippen LogP contribution in [0.3, 0.4) is 0 Å². The SMILES string of the molecule is c1ccc(-c2nc(-c3cc(-c4cccc5ncccc45)cc(-n4c5ccccc5c5ccccc54)c3)cc(-c3ccc4c(c3)oc3ccccc34)n2)cc1. The maximum atomic E-state index is 6.32. The molecule has 0 aliphatic carbocycles. The van der Waals surface area contributed by atoms with Crippen molar-refractivity contribution in [2.75, 3.05) is 0 Å². The van der Waals surface area contributed by atoms with Crippen molar-refractivity contribution >= 4 is 54.6 Å². The van der Waals surface area contributed by atoms with Crippen molar-refractivity contribution < 1.29 is 4.42 Å². The maximum Gasteiger partial charge on any atom is 0.160 e. The average Bonchev–Trinajstić information content (AvgIpc) is 3.79. The molecule has 0 bridgehead atoms. The summed E-state index contributed by atoms with van der Waals surface area (Å²) >= 11 is 0. The van der Waals surface area contributed by atoms with E-state index < -0.39 is 0 Å². The molecule has 0 unspecified atom stereocenters. The van der Waals surface area contributed by atoms with Crippen molar-refractivity contribution in [2.24, 2.45) is 0 Å². The van der Waals surface area contributed by atoms with Gasteiger partial charge in [0.1, 0.15) is 11.2 Å².